The van der Waals surface area contributed by atoms with Crippen molar-refractivity contribution in [1.29, 1.82) is 0 Å². The Bertz CT molecular complexity index is 885. The molecule has 8 nitrogen and oxygen atoms in total. The molecule has 0 spiro atoms. The third-order valence-corrected chi connectivity index (χ3v) is 4.74. The molecule has 1 N–H and O–H groups in total. The quantitative estimate of drug-likeness (QED) is 0.775. The Morgan fingerprint density at radius 1 is 1.28 bits per heavy atom. The van der Waals surface area contributed by atoms with Crippen LogP contribution in [0.15, 0.2) is 30.6 Å². The summed E-state index contributed by atoms with van der Waals surface area (Å²) in [6.45, 7) is 3.67. The van der Waals surface area contributed by atoms with Gasteiger partial charge in [0.2, 0.25) is 0 Å². The molecule has 25 heavy (non-hydrogen) atoms. The predicted molar refractivity (Wildman–Crippen MR) is 93.6 cm³/mol. The van der Waals surface area contributed by atoms with Crippen LogP contribution in [0.2, 0.25) is 0 Å². The molecule has 1 saturated heterocycles. The van der Waals surface area contributed by atoms with Crippen LogP contribution in [0, 0.1) is 6.92 Å². The Morgan fingerprint density at radius 3 is 2.80 bits per heavy atom. The van der Waals surface area contributed by atoms with Crippen LogP contribution in [-0.2, 0) is 7.05 Å². The van der Waals surface area contributed by atoms with Crippen LogP contribution in [0.5, 0.6) is 0 Å². The van der Waals surface area contributed by atoms with Gasteiger partial charge >= 0.3 is 0 Å². The summed E-state index contributed by atoms with van der Waals surface area (Å²) < 4.78 is 3.47. The molecule has 1 fully saturated rings. The molecule has 0 aliphatic carbocycles. The molecule has 0 atom stereocenters. The monoisotopic (exact) mass is 339 g/mol. The molecule has 0 aromatic carbocycles. The van der Waals surface area contributed by atoms with Crippen molar-refractivity contribution in [1.82, 2.24) is 29.7 Å². The molecule has 8 heteroatoms. The lowest BCUT2D eigenvalue weighted by atomic mass is 10.0. The van der Waals surface area contributed by atoms with E-state index in [0.29, 0.717) is 5.69 Å². The van der Waals surface area contributed by atoms with Crippen molar-refractivity contribution in [2.75, 3.05) is 18.0 Å². The van der Waals surface area contributed by atoms with E-state index in [-0.39, 0.29) is 11.9 Å². The van der Waals surface area contributed by atoms with Gasteiger partial charge in [0.1, 0.15) is 11.5 Å². The fourth-order valence-corrected chi connectivity index (χ4v) is 3.16. The van der Waals surface area contributed by atoms with Crippen LogP contribution in [0.1, 0.15) is 29.0 Å². The van der Waals surface area contributed by atoms with Crippen molar-refractivity contribution < 1.29 is 4.79 Å². The zero-order chi connectivity index (χ0) is 17.4. The predicted octanol–water partition coefficient (Wildman–Crippen LogP) is 1.17. The van der Waals surface area contributed by atoms with E-state index in [2.05, 4.69) is 25.4 Å². The van der Waals surface area contributed by atoms with E-state index in [1.54, 1.807) is 15.4 Å². The zero-order valence-corrected chi connectivity index (χ0v) is 14.4. The summed E-state index contributed by atoms with van der Waals surface area (Å²) >= 11 is 0. The summed E-state index contributed by atoms with van der Waals surface area (Å²) in [5.41, 5.74) is 2.30. The van der Waals surface area contributed by atoms with Crippen molar-refractivity contribution in [2.24, 2.45) is 7.05 Å². The van der Waals surface area contributed by atoms with Gasteiger partial charge in [0.05, 0.1) is 6.20 Å². The molecule has 4 heterocycles. The molecule has 3 aromatic rings. The Labute approximate surface area is 145 Å². The molecule has 0 bridgehead atoms. The van der Waals surface area contributed by atoms with Gasteiger partial charge in [0.25, 0.3) is 5.91 Å². The zero-order valence-electron chi connectivity index (χ0n) is 14.4. The van der Waals surface area contributed by atoms with Crippen molar-refractivity contribution in [3.8, 4) is 0 Å². The lowest BCUT2D eigenvalue weighted by Gasteiger charge is -2.33. The number of nitrogens with zero attached hydrogens (tertiary/aromatic N) is 6. The number of rotatable bonds is 3. The van der Waals surface area contributed by atoms with Crippen molar-refractivity contribution in [2.45, 2.75) is 25.8 Å². The second kappa shape index (κ2) is 6.19. The smallest absolute Gasteiger partial charge is 0.272 e. The van der Waals surface area contributed by atoms with E-state index >= 15 is 0 Å². The highest BCUT2D eigenvalue weighted by Gasteiger charge is 2.23. The van der Waals surface area contributed by atoms with E-state index in [0.717, 1.165) is 43.1 Å². The van der Waals surface area contributed by atoms with Crippen molar-refractivity contribution in [3.63, 3.8) is 0 Å². The number of amides is 1. The number of carbonyl (C=O) groups excluding carboxylic acids is 1. The number of aryl methyl sites for hydroxylation is 2. The third-order valence-electron chi connectivity index (χ3n) is 4.74. The Morgan fingerprint density at radius 2 is 2.08 bits per heavy atom. The molecule has 1 amide bonds. The Kier molecular flexibility index (Phi) is 3.87. The molecule has 0 radical (unpaired) electrons. The van der Waals surface area contributed by atoms with E-state index in [1.807, 2.05) is 38.4 Å². The summed E-state index contributed by atoms with van der Waals surface area (Å²) in [6, 6.07) is 5.86. The first-order chi connectivity index (χ1) is 12.1. The molecule has 3 aromatic heterocycles. The van der Waals surface area contributed by atoms with Gasteiger partial charge in [-0.2, -0.15) is 10.2 Å². The highest BCUT2D eigenvalue weighted by molar-refractivity contribution is 5.92. The maximum absolute atomic E-state index is 12.3. The molecular formula is C17H21N7O. The van der Waals surface area contributed by atoms with Crippen molar-refractivity contribution >= 4 is 17.4 Å². The summed E-state index contributed by atoms with van der Waals surface area (Å²) in [7, 11) is 1.84. The van der Waals surface area contributed by atoms with Crippen LogP contribution >= 0.6 is 0 Å². The number of fused-ring (bicyclic) bond motifs is 1. The van der Waals surface area contributed by atoms with Crippen LogP contribution in [0.4, 0.5) is 5.82 Å². The number of piperidine rings is 1. The molecule has 0 unspecified atom stereocenters. The highest BCUT2D eigenvalue weighted by Crippen LogP contribution is 2.19. The van der Waals surface area contributed by atoms with E-state index in [1.165, 1.54) is 0 Å². The van der Waals surface area contributed by atoms with Gasteiger partial charge in [-0.15, -0.1) is 0 Å². The van der Waals surface area contributed by atoms with Crippen LogP contribution in [-0.4, -0.2) is 49.4 Å². The molecule has 130 valence electrons. The van der Waals surface area contributed by atoms with Crippen LogP contribution in [0.3, 0.4) is 0 Å². The van der Waals surface area contributed by atoms with Gasteiger partial charge in [-0.25, -0.2) is 9.50 Å². The number of nitrogens with one attached hydrogen (secondary N) is 1. The maximum atomic E-state index is 12.3. The lowest BCUT2D eigenvalue weighted by Crippen LogP contribution is -2.45. The standard InChI is InChI=1S/C17H21N7O/c1-12-11-14(21-22(12)2)17(25)19-13-4-8-23(9-5-13)15-6-10-24-16(20-15)3-7-18-24/h3,6-7,10-11,13H,4-5,8-9H2,1-2H3,(H,19,25). The van der Waals surface area contributed by atoms with Gasteiger partial charge in [-0.3, -0.25) is 9.48 Å². The third kappa shape index (κ3) is 3.07. The van der Waals surface area contributed by atoms with E-state index in [4.69, 9.17) is 0 Å². The molecule has 4 rings (SSSR count). The average Bonchev–Trinajstić information content (AvgIpc) is 3.21. The summed E-state index contributed by atoms with van der Waals surface area (Å²) in [5, 5.41) is 11.5. The number of carbonyl (C=O) groups is 1. The second-order valence-electron chi connectivity index (χ2n) is 6.45. The maximum Gasteiger partial charge on any atom is 0.272 e. The fraction of sp³-hybridized carbons (Fsp3) is 0.412. The summed E-state index contributed by atoms with van der Waals surface area (Å²) in [4.78, 5) is 19.2. The normalized spacial score (nSPS) is 15.7. The first-order valence-electron chi connectivity index (χ1n) is 8.47. The second-order valence-corrected chi connectivity index (χ2v) is 6.45. The molecule has 0 saturated carbocycles. The van der Waals surface area contributed by atoms with E-state index in [9.17, 15) is 4.79 Å². The topological polar surface area (TPSA) is 80.3 Å². The highest BCUT2D eigenvalue weighted by atomic mass is 16.2. The number of aromatic nitrogens is 5. The minimum atomic E-state index is -0.0963. The fourth-order valence-electron chi connectivity index (χ4n) is 3.16. The first-order valence-corrected chi connectivity index (χ1v) is 8.47. The number of hydrogen-bond acceptors (Lipinski definition) is 5. The SMILES string of the molecule is Cc1cc(C(=O)NC2CCN(c3ccn4nccc4n3)CC2)nn1C. The Hall–Kier alpha value is -2.90. The molecule has 1 aliphatic heterocycles. The minimum absolute atomic E-state index is 0.0963. The van der Waals surface area contributed by atoms with Gasteiger partial charge in [0, 0.05) is 44.1 Å². The van der Waals surface area contributed by atoms with Gasteiger partial charge in [0.15, 0.2) is 5.65 Å². The van der Waals surface area contributed by atoms with Gasteiger partial charge in [-0.1, -0.05) is 0 Å². The van der Waals surface area contributed by atoms with Gasteiger partial charge < -0.3 is 10.2 Å². The largest absolute Gasteiger partial charge is 0.356 e. The first kappa shape index (κ1) is 15.6. The average molecular weight is 339 g/mol. The van der Waals surface area contributed by atoms with Crippen LogP contribution < -0.4 is 10.2 Å². The summed E-state index contributed by atoms with van der Waals surface area (Å²) in [6.07, 6.45) is 5.45. The minimum Gasteiger partial charge on any atom is -0.356 e. The number of hydrogen-bond donors (Lipinski definition) is 1. The van der Waals surface area contributed by atoms with E-state index < -0.39 is 0 Å². The van der Waals surface area contributed by atoms with Gasteiger partial charge in [-0.05, 0) is 31.9 Å². The number of anilines is 1. The Balaban J connectivity index is 1.37. The lowest BCUT2D eigenvalue weighted by molar-refractivity contribution is 0.0925. The molecule has 1 aliphatic rings. The molecular weight excluding hydrogens is 318 g/mol. The van der Waals surface area contributed by atoms with Crippen LogP contribution in [0.25, 0.3) is 5.65 Å². The van der Waals surface area contributed by atoms with Crippen molar-refractivity contribution in [3.05, 3.63) is 42.0 Å². The summed E-state index contributed by atoms with van der Waals surface area (Å²) in [5.74, 6) is 0.860.